The van der Waals surface area contributed by atoms with Crippen molar-refractivity contribution in [1.29, 1.82) is 0 Å². The predicted octanol–water partition coefficient (Wildman–Crippen LogP) is 2.37. The number of likely N-dealkylation sites (N-methyl/N-ethyl adjacent to an activating group) is 1. The van der Waals surface area contributed by atoms with Gasteiger partial charge >= 0.3 is 0 Å². The van der Waals surface area contributed by atoms with Crippen molar-refractivity contribution in [2.24, 2.45) is 5.92 Å². The zero-order valence-corrected chi connectivity index (χ0v) is 13.8. The zero-order valence-electron chi connectivity index (χ0n) is 12.2. The minimum Gasteiger partial charge on any atom is -0.317 e. The van der Waals surface area contributed by atoms with E-state index >= 15 is 0 Å². The van der Waals surface area contributed by atoms with Gasteiger partial charge in [0.2, 0.25) is 10.0 Å². The first-order valence-corrected chi connectivity index (χ1v) is 9.68. The second-order valence-corrected chi connectivity index (χ2v) is 8.45. The van der Waals surface area contributed by atoms with Gasteiger partial charge in [-0.1, -0.05) is 20.3 Å². The van der Waals surface area contributed by atoms with Gasteiger partial charge in [0, 0.05) is 10.9 Å². The average molecular weight is 316 g/mol. The molecule has 2 N–H and O–H groups in total. The fourth-order valence-electron chi connectivity index (χ4n) is 2.36. The highest BCUT2D eigenvalue weighted by Gasteiger charge is 2.39. The van der Waals surface area contributed by atoms with E-state index in [-0.39, 0.29) is 6.04 Å². The summed E-state index contributed by atoms with van der Waals surface area (Å²) in [5.74, 6) is 0.544. The van der Waals surface area contributed by atoms with Crippen LogP contribution in [-0.4, -0.2) is 27.5 Å². The third-order valence-electron chi connectivity index (χ3n) is 3.59. The van der Waals surface area contributed by atoms with E-state index in [9.17, 15) is 8.42 Å². The molecular formula is C14H24N2O2S2. The Morgan fingerprint density at radius 2 is 2.15 bits per heavy atom. The molecule has 0 radical (unpaired) electrons. The molecule has 0 bridgehead atoms. The van der Waals surface area contributed by atoms with E-state index in [1.54, 1.807) is 6.07 Å². The van der Waals surface area contributed by atoms with Gasteiger partial charge in [-0.15, -0.1) is 11.3 Å². The van der Waals surface area contributed by atoms with Gasteiger partial charge in [0.15, 0.2) is 0 Å². The lowest BCUT2D eigenvalue weighted by atomic mass is 10.2. The van der Waals surface area contributed by atoms with Crippen molar-refractivity contribution in [3.63, 3.8) is 0 Å². The third-order valence-corrected chi connectivity index (χ3v) is 6.72. The monoisotopic (exact) mass is 316 g/mol. The topological polar surface area (TPSA) is 58.2 Å². The van der Waals surface area contributed by atoms with Crippen LogP contribution in [0.25, 0.3) is 0 Å². The Bertz CT molecular complexity index is 525. The first-order chi connectivity index (χ1) is 9.56. The van der Waals surface area contributed by atoms with Crippen LogP contribution in [0, 0.1) is 5.92 Å². The number of hydrogen-bond donors (Lipinski definition) is 2. The van der Waals surface area contributed by atoms with Crippen LogP contribution in [0.4, 0.5) is 0 Å². The van der Waals surface area contributed by atoms with E-state index in [2.05, 4.69) is 23.9 Å². The molecule has 0 aromatic carbocycles. The number of sulfonamides is 1. The summed E-state index contributed by atoms with van der Waals surface area (Å²) < 4.78 is 27.8. The Morgan fingerprint density at radius 1 is 1.35 bits per heavy atom. The van der Waals surface area contributed by atoms with Gasteiger partial charge in [-0.2, -0.15) is 0 Å². The highest BCUT2D eigenvalue weighted by Crippen LogP contribution is 2.36. The second-order valence-electron chi connectivity index (χ2n) is 5.34. The first-order valence-electron chi connectivity index (χ1n) is 7.38. The molecule has 1 aliphatic carbocycles. The SMILES string of the molecule is CCCC1CC1NS(=O)(=O)c1ccc(CCNCC)s1. The van der Waals surface area contributed by atoms with Gasteiger partial charge in [0.1, 0.15) is 4.21 Å². The number of hydrogen-bond acceptors (Lipinski definition) is 4. The molecule has 0 spiro atoms. The van der Waals surface area contributed by atoms with Crippen molar-refractivity contribution >= 4 is 21.4 Å². The highest BCUT2D eigenvalue weighted by atomic mass is 32.2. The lowest BCUT2D eigenvalue weighted by Crippen LogP contribution is -2.26. The van der Waals surface area contributed by atoms with Crippen LogP contribution in [0.5, 0.6) is 0 Å². The maximum absolute atomic E-state index is 12.3. The highest BCUT2D eigenvalue weighted by molar-refractivity contribution is 7.91. The van der Waals surface area contributed by atoms with E-state index in [4.69, 9.17) is 0 Å². The molecule has 1 aromatic rings. The number of thiophene rings is 1. The van der Waals surface area contributed by atoms with Gasteiger partial charge in [-0.3, -0.25) is 0 Å². The van der Waals surface area contributed by atoms with Crippen LogP contribution < -0.4 is 10.0 Å². The summed E-state index contributed by atoms with van der Waals surface area (Å²) in [4.78, 5) is 1.12. The Morgan fingerprint density at radius 3 is 2.85 bits per heavy atom. The summed E-state index contributed by atoms with van der Waals surface area (Å²) in [5, 5.41) is 3.25. The van der Waals surface area contributed by atoms with Crippen LogP contribution >= 0.6 is 11.3 Å². The summed E-state index contributed by atoms with van der Waals surface area (Å²) in [6.07, 6.45) is 4.11. The van der Waals surface area contributed by atoms with Crippen molar-refractivity contribution in [2.75, 3.05) is 13.1 Å². The van der Waals surface area contributed by atoms with Gasteiger partial charge in [-0.05, 0) is 50.4 Å². The quantitative estimate of drug-likeness (QED) is 0.688. The zero-order chi connectivity index (χ0) is 14.6. The molecule has 1 aliphatic rings. The minimum absolute atomic E-state index is 0.159. The largest absolute Gasteiger partial charge is 0.317 e. The molecule has 20 heavy (non-hydrogen) atoms. The molecule has 1 aromatic heterocycles. The van der Waals surface area contributed by atoms with Crippen LogP contribution in [0.15, 0.2) is 16.3 Å². The Hall–Kier alpha value is -0.430. The van der Waals surface area contributed by atoms with E-state index < -0.39 is 10.0 Å². The van der Waals surface area contributed by atoms with E-state index in [0.717, 1.165) is 43.6 Å². The van der Waals surface area contributed by atoms with Crippen LogP contribution in [0.3, 0.4) is 0 Å². The molecule has 2 unspecified atom stereocenters. The van der Waals surface area contributed by atoms with Crippen molar-refractivity contribution < 1.29 is 8.42 Å². The fourth-order valence-corrected chi connectivity index (χ4v) is 5.05. The summed E-state index contributed by atoms with van der Waals surface area (Å²) in [7, 11) is -3.31. The molecule has 6 heteroatoms. The van der Waals surface area contributed by atoms with Crippen molar-refractivity contribution in [2.45, 2.75) is 49.8 Å². The predicted molar refractivity (Wildman–Crippen MR) is 83.7 cm³/mol. The molecule has 4 nitrogen and oxygen atoms in total. The lowest BCUT2D eigenvalue weighted by molar-refractivity contribution is 0.575. The summed E-state index contributed by atoms with van der Waals surface area (Å²) >= 11 is 1.38. The molecular weight excluding hydrogens is 292 g/mol. The molecule has 2 rings (SSSR count). The maximum atomic E-state index is 12.3. The molecule has 0 saturated heterocycles. The lowest BCUT2D eigenvalue weighted by Gasteiger charge is -2.03. The Kier molecular flexibility index (Phi) is 5.60. The molecule has 1 fully saturated rings. The van der Waals surface area contributed by atoms with Crippen LogP contribution in [0.1, 0.15) is 38.0 Å². The molecule has 0 aliphatic heterocycles. The van der Waals surface area contributed by atoms with Crippen LogP contribution in [-0.2, 0) is 16.4 Å². The van der Waals surface area contributed by atoms with Crippen molar-refractivity contribution in [1.82, 2.24) is 10.0 Å². The van der Waals surface area contributed by atoms with Gasteiger partial charge in [-0.25, -0.2) is 13.1 Å². The van der Waals surface area contributed by atoms with Gasteiger partial charge < -0.3 is 5.32 Å². The maximum Gasteiger partial charge on any atom is 0.250 e. The van der Waals surface area contributed by atoms with E-state index in [1.165, 1.54) is 11.3 Å². The molecule has 2 atom stereocenters. The third kappa shape index (κ3) is 4.28. The smallest absolute Gasteiger partial charge is 0.250 e. The molecule has 1 heterocycles. The second kappa shape index (κ2) is 7.02. The molecule has 0 amide bonds. The van der Waals surface area contributed by atoms with E-state index in [0.29, 0.717) is 10.1 Å². The van der Waals surface area contributed by atoms with Crippen molar-refractivity contribution in [3.05, 3.63) is 17.0 Å². The summed E-state index contributed by atoms with van der Waals surface area (Å²) in [6, 6.07) is 3.81. The Labute approximate surface area is 126 Å². The summed E-state index contributed by atoms with van der Waals surface area (Å²) in [6.45, 7) is 6.04. The standard InChI is InChI=1S/C14H24N2O2S2/c1-3-5-11-10-13(11)16-20(17,18)14-7-6-12(19-14)8-9-15-4-2/h6-7,11,13,15-16H,3-5,8-10H2,1-2H3. The fraction of sp³-hybridized carbons (Fsp3) is 0.714. The van der Waals surface area contributed by atoms with E-state index in [1.807, 2.05) is 6.07 Å². The number of nitrogens with one attached hydrogen (secondary N) is 2. The van der Waals surface area contributed by atoms with Gasteiger partial charge in [0.25, 0.3) is 0 Å². The Balaban J connectivity index is 1.89. The number of rotatable bonds is 9. The van der Waals surface area contributed by atoms with Gasteiger partial charge in [0.05, 0.1) is 0 Å². The molecule has 114 valence electrons. The normalized spacial score (nSPS) is 22.1. The average Bonchev–Trinajstić information content (AvgIpc) is 2.92. The van der Waals surface area contributed by atoms with Crippen molar-refractivity contribution in [3.8, 4) is 0 Å². The van der Waals surface area contributed by atoms with Crippen LogP contribution in [0.2, 0.25) is 0 Å². The molecule has 1 saturated carbocycles. The summed E-state index contributed by atoms with van der Waals surface area (Å²) in [5.41, 5.74) is 0. The first kappa shape index (κ1) is 15.9. The minimum atomic E-state index is -3.31.